The Morgan fingerprint density at radius 3 is 1.73 bits per heavy atom. The van der Waals surface area contributed by atoms with E-state index in [-0.39, 0.29) is 6.03 Å². The molecule has 1 aromatic heterocycles. The zero-order chi connectivity index (χ0) is 20.3. The molecule has 4 heteroatoms. The maximum absolute atomic E-state index is 13.6. The molecule has 144 valence electrons. The second kappa shape index (κ2) is 7.68. The van der Waals surface area contributed by atoms with Gasteiger partial charge in [0.1, 0.15) is 0 Å². The molecule has 0 unspecified atom stereocenters. The van der Waals surface area contributed by atoms with Gasteiger partial charge in [-0.15, -0.1) is 0 Å². The molecule has 0 aliphatic rings. The summed E-state index contributed by atoms with van der Waals surface area (Å²) in [5.41, 5.74) is 4.04. The fourth-order valence-electron chi connectivity index (χ4n) is 3.68. The van der Waals surface area contributed by atoms with Crippen LogP contribution in [0.15, 0.2) is 109 Å². The highest BCUT2D eigenvalue weighted by molar-refractivity contribution is 6.18. The molecule has 2 amide bonds. The van der Waals surface area contributed by atoms with E-state index in [0.29, 0.717) is 0 Å². The summed E-state index contributed by atoms with van der Waals surface area (Å²) in [6.45, 7) is 0. The first-order valence-electron chi connectivity index (χ1n) is 9.80. The van der Waals surface area contributed by atoms with E-state index >= 15 is 0 Å². The van der Waals surface area contributed by atoms with Crippen molar-refractivity contribution in [2.24, 2.45) is 0 Å². The van der Waals surface area contributed by atoms with Gasteiger partial charge in [0.15, 0.2) is 0 Å². The van der Waals surface area contributed by atoms with Gasteiger partial charge >= 0.3 is 6.03 Å². The number of aromatic nitrogens is 1. The number of rotatable bonds is 3. The van der Waals surface area contributed by atoms with Crippen LogP contribution in [0.5, 0.6) is 0 Å². The minimum absolute atomic E-state index is 0.228. The molecule has 0 bridgehead atoms. The summed E-state index contributed by atoms with van der Waals surface area (Å²) in [7, 11) is 0. The first kappa shape index (κ1) is 17.9. The van der Waals surface area contributed by atoms with Crippen molar-refractivity contribution in [3.8, 4) is 0 Å². The Bertz CT molecular complexity index is 1280. The number of hydrogen-bond acceptors (Lipinski definition) is 2. The lowest BCUT2D eigenvalue weighted by molar-refractivity contribution is 0.259. The Kier molecular flexibility index (Phi) is 4.58. The molecule has 5 aromatic rings. The first-order chi connectivity index (χ1) is 14.8. The summed E-state index contributed by atoms with van der Waals surface area (Å²) in [5.74, 6) is 0. The summed E-state index contributed by atoms with van der Waals surface area (Å²) in [4.78, 5) is 20.1. The van der Waals surface area contributed by atoms with Crippen molar-refractivity contribution in [2.45, 2.75) is 0 Å². The van der Waals surface area contributed by atoms with E-state index in [9.17, 15) is 4.79 Å². The van der Waals surface area contributed by atoms with Crippen LogP contribution in [0.1, 0.15) is 0 Å². The number of hydrogen-bond donors (Lipinski definition) is 1. The number of pyridine rings is 1. The highest BCUT2D eigenvalue weighted by Crippen LogP contribution is 2.38. The summed E-state index contributed by atoms with van der Waals surface area (Å²) in [6.07, 6.45) is 0. The van der Waals surface area contributed by atoms with Crippen LogP contribution < -0.4 is 10.2 Å². The minimum atomic E-state index is -0.228. The van der Waals surface area contributed by atoms with Crippen LogP contribution in [0, 0.1) is 0 Å². The number of amides is 2. The van der Waals surface area contributed by atoms with Crippen molar-refractivity contribution in [2.75, 3.05) is 10.2 Å². The summed E-state index contributed by atoms with van der Waals surface area (Å²) >= 11 is 0. The topological polar surface area (TPSA) is 45.2 Å². The third-order valence-corrected chi connectivity index (χ3v) is 5.03. The van der Waals surface area contributed by atoms with Gasteiger partial charge in [-0.3, -0.25) is 4.90 Å². The van der Waals surface area contributed by atoms with E-state index < -0.39 is 0 Å². The van der Waals surface area contributed by atoms with Crippen molar-refractivity contribution in [3.63, 3.8) is 0 Å². The first-order valence-corrected chi connectivity index (χ1v) is 9.80. The van der Waals surface area contributed by atoms with Crippen molar-refractivity contribution in [1.82, 2.24) is 4.98 Å². The lowest BCUT2D eigenvalue weighted by Gasteiger charge is -2.26. The molecule has 1 heterocycles. The smallest absolute Gasteiger partial charge is 0.307 e. The summed E-state index contributed by atoms with van der Waals surface area (Å²) in [6, 6.07) is 34.8. The fourth-order valence-corrected chi connectivity index (χ4v) is 3.68. The molecular weight excluding hydrogens is 370 g/mol. The molecule has 0 atom stereocenters. The molecule has 0 radical (unpaired) electrons. The number of nitrogens with one attached hydrogen (secondary N) is 1. The van der Waals surface area contributed by atoms with E-state index in [0.717, 1.165) is 38.9 Å². The van der Waals surface area contributed by atoms with Gasteiger partial charge in [-0.2, -0.15) is 0 Å². The van der Waals surface area contributed by atoms with Crippen LogP contribution in [-0.2, 0) is 0 Å². The van der Waals surface area contributed by atoms with Crippen LogP contribution in [-0.4, -0.2) is 11.0 Å². The Balaban J connectivity index is 1.77. The Morgan fingerprint density at radius 2 is 1.13 bits per heavy atom. The van der Waals surface area contributed by atoms with E-state index in [4.69, 9.17) is 4.98 Å². The maximum Gasteiger partial charge on any atom is 0.330 e. The predicted octanol–water partition coefficient (Wildman–Crippen LogP) is 6.76. The van der Waals surface area contributed by atoms with Gasteiger partial charge in [-0.25, -0.2) is 9.78 Å². The number of urea groups is 1. The van der Waals surface area contributed by atoms with Crippen LogP contribution in [0.25, 0.3) is 21.8 Å². The van der Waals surface area contributed by atoms with Gasteiger partial charge in [0.2, 0.25) is 0 Å². The van der Waals surface area contributed by atoms with Gasteiger partial charge in [-0.05, 0) is 36.4 Å². The third-order valence-electron chi connectivity index (χ3n) is 5.03. The molecule has 0 saturated carbocycles. The number of anilines is 3. The number of carbonyl (C=O) groups excluding carboxylic acids is 1. The quantitative estimate of drug-likeness (QED) is 0.347. The predicted molar refractivity (Wildman–Crippen MR) is 123 cm³/mol. The monoisotopic (exact) mass is 389 g/mol. The standard InChI is InChI=1S/C26H19N3O/c30-26(27-19-11-3-1-4-12-19)29(20-13-5-2-6-14-20)25-21-15-7-9-17-23(21)28-24-18-10-8-16-22(24)25/h1-18H,(H,27,30). The van der Waals surface area contributed by atoms with E-state index in [1.807, 2.05) is 109 Å². The maximum atomic E-state index is 13.6. The summed E-state index contributed by atoms with van der Waals surface area (Å²) in [5, 5.41) is 4.87. The molecule has 4 aromatic carbocycles. The Labute approximate surface area is 174 Å². The average Bonchev–Trinajstić information content (AvgIpc) is 2.80. The van der Waals surface area contributed by atoms with Gasteiger partial charge in [-0.1, -0.05) is 72.8 Å². The van der Waals surface area contributed by atoms with E-state index in [1.165, 1.54) is 0 Å². The van der Waals surface area contributed by atoms with Crippen molar-refractivity contribution >= 4 is 44.9 Å². The number of carbonyl (C=O) groups is 1. The number of benzene rings is 4. The normalized spacial score (nSPS) is 10.8. The van der Waals surface area contributed by atoms with Gasteiger partial charge < -0.3 is 5.32 Å². The molecule has 0 aliphatic carbocycles. The van der Waals surface area contributed by atoms with Crippen molar-refractivity contribution < 1.29 is 4.79 Å². The lowest BCUT2D eigenvalue weighted by atomic mass is 10.1. The van der Waals surface area contributed by atoms with E-state index in [2.05, 4.69) is 5.32 Å². The van der Waals surface area contributed by atoms with Crippen LogP contribution in [0.4, 0.5) is 21.9 Å². The second-order valence-electron chi connectivity index (χ2n) is 6.96. The second-order valence-corrected chi connectivity index (χ2v) is 6.96. The number of para-hydroxylation sites is 4. The van der Waals surface area contributed by atoms with E-state index in [1.54, 1.807) is 4.90 Å². The molecule has 0 spiro atoms. The highest BCUT2D eigenvalue weighted by atomic mass is 16.2. The number of nitrogens with zero attached hydrogens (tertiary/aromatic N) is 2. The highest BCUT2D eigenvalue weighted by Gasteiger charge is 2.23. The molecule has 1 N–H and O–H groups in total. The largest absolute Gasteiger partial charge is 0.330 e. The molecule has 0 saturated heterocycles. The van der Waals surface area contributed by atoms with Gasteiger partial charge in [0, 0.05) is 16.5 Å². The van der Waals surface area contributed by atoms with Gasteiger partial charge in [0.25, 0.3) is 0 Å². The Hall–Kier alpha value is -4.18. The van der Waals surface area contributed by atoms with Crippen LogP contribution in [0.2, 0.25) is 0 Å². The minimum Gasteiger partial charge on any atom is -0.307 e. The van der Waals surface area contributed by atoms with Crippen molar-refractivity contribution in [3.05, 3.63) is 109 Å². The molecule has 4 nitrogen and oxygen atoms in total. The van der Waals surface area contributed by atoms with Crippen molar-refractivity contribution in [1.29, 1.82) is 0 Å². The lowest BCUT2D eigenvalue weighted by Crippen LogP contribution is -2.31. The average molecular weight is 389 g/mol. The third kappa shape index (κ3) is 3.25. The van der Waals surface area contributed by atoms with Crippen LogP contribution >= 0.6 is 0 Å². The molecular formula is C26H19N3O. The molecule has 30 heavy (non-hydrogen) atoms. The SMILES string of the molecule is O=C(Nc1ccccc1)N(c1ccccc1)c1c2ccccc2nc2ccccc12. The molecule has 5 rings (SSSR count). The number of fused-ring (bicyclic) bond motifs is 2. The van der Waals surface area contributed by atoms with Gasteiger partial charge in [0.05, 0.1) is 22.4 Å². The molecule has 0 fully saturated rings. The molecule has 0 aliphatic heterocycles. The Morgan fingerprint density at radius 1 is 0.633 bits per heavy atom. The fraction of sp³-hybridized carbons (Fsp3) is 0. The zero-order valence-electron chi connectivity index (χ0n) is 16.2. The summed E-state index contributed by atoms with van der Waals surface area (Å²) < 4.78 is 0. The zero-order valence-corrected chi connectivity index (χ0v) is 16.2. The van der Waals surface area contributed by atoms with Crippen LogP contribution in [0.3, 0.4) is 0 Å².